The molecule has 0 radical (unpaired) electrons. The Morgan fingerprint density at radius 3 is 1.87 bits per heavy atom. The number of methoxy groups -OCH3 is 4. The molecule has 0 amide bonds. The van der Waals surface area contributed by atoms with Gasteiger partial charge in [0, 0.05) is 32.5 Å². The van der Waals surface area contributed by atoms with E-state index in [-0.39, 0.29) is 19.6 Å². The first-order valence-electron chi connectivity index (χ1n) is 15.2. The van der Waals surface area contributed by atoms with Gasteiger partial charge in [-0.05, 0) is 47.9 Å². The first-order valence-corrected chi connectivity index (χ1v) is 15.2. The van der Waals surface area contributed by atoms with Crippen molar-refractivity contribution < 1.29 is 28.4 Å². The lowest BCUT2D eigenvalue weighted by Gasteiger charge is -2.37. The van der Waals surface area contributed by atoms with Crippen molar-refractivity contribution >= 4 is 0 Å². The molecule has 0 saturated carbocycles. The molecule has 47 heavy (non-hydrogen) atoms. The Hall–Kier alpha value is -4.73. The smallest absolute Gasteiger partial charge is 0.333 e. The van der Waals surface area contributed by atoms with E-state index >= 15 is 0 Å². The Morgan fingerprint density at radius 2 is 1.36 bits per heavy atom. The normalized spacial score (nSPS) is 19.3. The zero-order chi connectivity index (χ0) is 33.6. The van der Waals surface area contributed by atoms with Crippen LogP contribution in [0.15, 0.2) is 94.6 Å². The van der Waals surface area contributed by atoms with Crippen LogP contribution in [0, 0.1) is 18.3 Å². The maximum atomic E-state index is 13.6. The lowest BCUT2D eigenvalue weighted by atomic mass is 9.80. The van der Waals surface area contributed by atoms with E-state index in [9.17, 15) is 9.59 Å². The molecule has 3 aromatic carbocycles. The molecule has 1 aliphatic heterocycles. The molecule has 1 aliphatic rings. The molecule has 2 heterocycles. The molecule has 0 N–H and O–H groups in total. The summed E-state index contributed by atoms with van der Waals surface area (Å²) in [6.45, 7) is 1.61. The second kappa shape index (κ2) is 14.8. The highest BCUT2D eigenvalue weighted by molar-refractivity contribution is 5.49. The summed E-state index contributed by atoms with van der Waals surface area (Å²) in [5.74, 6) is 1.40. The van der Waals surface area contributed by atoms with E-state index in [0.29, 0.717) is 17.1 Å². The Morgan fingerprint density at radius 1 is 0.809 bits per heavy atom. The van der Waals surface area contributed by atoms with Crippen molar-refractivity contribution in [1.29, 1.82) is 5.26 Å². The Bertz CT molecular complexity index is 1750. The molecule has 11 nitrogen and oxygen atoms in total. The molecule has 1 fully saturated rings. The van der Waals surface area contributed by atoms with Crippen LogP contribution in [0.25, 0.3) is 0 Å². The number of hydrogen-bond acceptors (Lipinski definition) is 9. The van der Waals surface area contributed by atoms with E-state index in [2.05, 4.69) is 0 Å². The van der Waals surface area contributed by atoms with Gasteiger partial charge in [0.15, 0.2) is 6.23 Å². The van der Waals surface area contributed by atoms with Crippen molar-refractivity contribution in [3.63, 3.8) is 0 Å². The number of benzene rings is 3. The van der Waals surface area contributed by atoms with Crippen molar-refractivity contribution in [3.8, 4) is 17.6 Å². The van der Waals surface area contributed by atoms with Crippen molar-refractivity contribution in [3.05, 3.63) is 128 Å². The van der Waals surface area contributed by atoms with Gasteiger partial charge in [-0.1, -0.05) is 54.6 Å². The van der Waals surface area contributed by atoms with Crippen LogP contribution in [0.3, 0.4) is 0 Å². The maximum absolute atomic E-state index is 13.6. The van der Waals surface area contributed by atoms with Gasteiger partial charge in [-0.15, -0.1) is 0 Å². The summed E-state index contributed by atoms with van der Waals surface area (Å²) in [6.07, 6.45) is -1.53. The molecule has 11 heteroatoms. The summed E-state index contributed by atoms with van der Waals surface area (Å²) < 4.78 is 38.7. The standard InChI is InChI=1S/C36H39N3O8/c1-24-22-39(35(41)38(33(24)40)21-9-20-37)34-32(45-5)31(44-4)30(47-34)23-46-36(25-10-7-6-8-11-25,26-12-16-28(42-2)17-13-26)27-14-18-29(43-3)19-15-27/h6-8,10-19,22,30-32,34H,9,21,23H2,1-5H3/t30-,31-,32-,34-/m1/s1. The topological polar surface area (TPSA) is 123 Å². The average Bonchev–Trinajstić information content (AvgIpc) is 3.48. The summed E-state index contributed by atoms with van der Waals surface area (Å²) in [4.78, 5) is 26.4. The van der Waals surface area contributed by atoms with E-state index in [1.165, 1.54) is 17.9 Å². The zero-order valence-electron chi connectivity index (χ0n) is 27.1. The van der Waals surface area contributed by atoms with Crippen LogP contribution in [0.2, 0.25) is 0 Å². The van der Waals surface area contributed by atoms with Crippen LogP contribution in [-0.2, 0) is 31.1 Å². The third-order valence-corrected chi connectivity index (χ3v) is 8.56. The van der Waals surface area contributed by atoms with Gasteiger partial charge >= 0.3 is 5.69 Å². The number of aromatic nitrogens is 2. The highest BCUT2D eigenvalue weighted by atomic mass is 16.6. The molecule has 0 aliphatic carbocycles. The fourth-order valence-corrected chi connectivity index (χ4v) is 6.18. The van der Waals surface area contributed by atoms with Gasteiger partial charge in [-0.2, -0.15) is 5.26 Å². The van der Waals surface area contributed by atoms with Gasteiger partial charge in [-0.3, -0.25) is 13.9 Å². The number of ether oxygens (including phenoxy) is 6. The molecular weight excluding hydrogens is 602 g/mol. The van der Waals surface area contributed by atoms with Crippen molar-refractivity contribution in [2.24, 2.45) is 0 Å². The largest absolute Gasteiger partial charge is 0.497 e. The fraction of sp³-hybridized carbons (Fsp3) is 0.361. The Balaban J connectivity index is 1.59. The van der Waals surface area contributed by atoms with Crippen LogP contribution >= 0.6 is 0 Å². The van der Waals surface area contributed by atoms with Gasteiger partial charge in [0.05, 0.1) is 33.3 Å². The van der Waals surface area contributed by atoms with E-state index < -0.39 is 41.4 Å². The van der Waals surface area contributed by atoms with Crippen LogP contribution < -0.4 is 20.7 Å². The lowest BCUT2D eigenvalue weighted by molar-refractivity contribution is -0.0999. The molecule has 5 rings (SSSR count). The number of nitrogens with zero attached hydrogens (tertiary/aromatic N) is 3. The predicted molar refractivity (Wildman–Crippen MR) is 174 cm³/mol. The minimum Gasteiger partial charge on any atom is -0.497 e. The third kappa shape index (κ3) is 6.46. The number of aryl methyl sites for hydroxylation is 1. The van der Waals surface area contributed by atoms with E-state index in [4.69, 9.17) is 33.7 Å². The second-order valence-electron chi connectivity index (χ2n) is 11.1. The second-order valence-corrected chi connectivity index (χ2v) is 11.1. The Kier molecular flexibility index (Phi) is 10.6. The molecule has 0 bridgehead atoms. The van der Waals surface area contributed by atoms with E-state index in [1.807, 2.05) is 84.9 Å². The SMILES string of the molecule is COc1ccc(C(OC[C@H]2O[C@@H](n3cc(C)c(=O)n(CCC#N)c3=O)[C@H](OC)[C@@H]2OC)(c2ccccc2)c2ccc(OC)cc2)cc1. The van der Waals surface area contributed by atoms with Crippen molar-refractivity contribution in [1.82, 2.24) is 9.13 Å². The van der Waals surface area contributed by atoms with Crippen molar-refractivity contribution in [2.75, 3.05) is 35.0 Å². The van der Waals surface area contributed by atoms with Gasteiger partial charge in [0.1, 0.15) is 35.4 Å². The summed E-state index contributed by atoms with van der Waals surface area (Å²) in [6, 6.07) is 27.3. The lowest BCUT2D eigenvalue weighted by Crippen LogP contribution is -2.45. The van der Waals surface area contributed by atoms with Crippen LogP contribution in [0.4, 0.5) is 0 Å². The molecule has 4 atom stereocenters. The van der Waals surface area contributed by atoms with Gasteiger partial charge < -0.3 is 28.4 Å². The van der Waals surface area contributed by atoms with E-state index in [0.717, 1.165) is 21.3 Å². The summed E-state index contributed by atoms with van der Waals surface area (Å²) in [7, 11) is 6.30. The Labute approximate surface area is 273 Å². The molecular formula is C36H39N3O8. The van der Waals surface area contributed by atoms with Gasteiger partial charge in [0.25, 0.3) is 5.56 Å². The van der Waals surface area contributed by atoms with Crippen LogP contribution in [-0.4, -0.2) is 62.5 Å². The van der Waals surface area contributed by atoms with E-state index in [1.54, 1.807) is 28.3 Å². The molecule has 246 valence electrons. The monoisotopic (exact) mass is 641 g/mol. The fourth-order valence-electron chi connectivity index (χ4n) is 6.18. The number of rotatable bonds is 13. The highest BCUT2D eigenvalue weighted by Gasteiger charge is 2.49. The summed E-state index contributed by atoms with van der Waals surface area (Å²) in [5.41, 5.74) is 0.726. The highest BCUT2D eigenvalue weighted by Crippen LogP contribution is 2.43. The molecule has 1 aromatic heterocycles. The molecule has 0 spiro atoms. The number of hydrogen-bond donors (Lipinski definition) is 0. The minimum absolute atomic E-state index is 0.00722. The average molecular weight is 642 g/mol. The van der Waals surface area contributed by atoms with Gasteiger partial charge in [-0.25, -0.2) is 4.79 Å². The number of nitriles is 1. The zero-order valence-corrected chi connectivity index (χ0v) is 27.1. The first kappa shape index (κ1) is 33.6. The van der Waals surface area contributed by atoms with Gasteiger partial charge in [0.2, 0.25) is 0 Å². The quantitative estimate of drug-likeness (QED) is 0.198. The van der Waals surface area contributed by atoms with Crippen LogP contribution in [0.5, 0.6) is 11.5 Å². The maximum Gasteiger partial charge on any atom is 0.333 e. The molecule has 0 unspecified atom stereocenters. The van der Waals surface area contributed by atoms with Crippen LogP contribution in [0.1, 0.15) is 34.9 Å². The third-order valence-electron chi connectivity index (χ3n) is 8.56. The molecule has 1 saturated heterocycles. The predicted octanol–water partition coefficient (Wildman–Crippen LogP) is 4.19. The first-order chi connectivity index (χ1) is 22.8. The summed E-state index contributed by atoms with van der Waals surface area (Å²) in [5, 5.41) is 9.10. The van der Waals surface area contributed by atoms with Crippen molar-refractivity contribution in [2.45, 2.75) is 50.0 Å². The molecule has 4 aromatic rings. The minimum atomic E-state index is -1.11. The summed E-state index contributed by atoms with van der Waals surface area (Å²) >= 11 is 0.